The van der Waals surface area contributed by atoms with Crippen molar-refractivity contribution < 1.29 is 13.6 Å². The molecule has 102 valence electrons. The van der Waals surface area contributed by atoms with Gasteiger partial charge in [-0.1, -0.05) is 24.3 Å². The standard InChI is InChI=1S/C15H12F2N2O/c16-11-5-3-7-13(14(11)17)19-15(20)10-8-18-12-6-2-1-4-9(10)12/h1-7,10,18H,8H2,(H,19,20). The molecule has 1 aliphatic heterocycles. The normalized spacial score (nSPS) is 16.4. The Balaban J connectivity index is 1.83. The minimum absolute atomic E-state index is 0.139. The summed E-state index contributed by atoms with van der Waals surface area (Å²) in [5.74, 6) is -2.78. The molecule has 1 aliphatic rings. The fraction of sp³-hybridized carbons (Fsp3) is 0.133. The summed E-state index contributed by atoms with van der Waals surface area (Å²) in [5, 5.41) is 5.55. The van der Waals surface area contributed by atoms with Gasteiger partial charge in [-0.05, 0) is 23.8 Å². The number of rotatable bonds is 2. The second kappa shape index (κ2) is 4.92. The largest absolute Gasteiger partial charge is 0.384 e. The van der Waals surface area contributed by atoms with Crippen molar-refractivity contribution in [2.75, 3.05) is 17.2 Å². The van der Waals surface area contributed by atoms with Gasteiger partial charge in [-0.2, -0.15) is 0 Å². The number of halogens is 2. The lowest BCUT2D eigenvalue weighted by molar-refractivity contribution is -0.117. The average Bonchev–Trinajstić information content (AvgIpc) is 2.88. The molecule has 0 radical (unpaired) electrons. The van der Waals surface area contributed by atoms with E-state index >= 15 is 0 Å². The minimum atomic E-state index is -1.04. The maximum Gasteiger partial charge on any atom is 0.233 e. The summed E-state index contributed by atoms with van der Waals surface area (Å²) in [7, 11) is 0. The molecule has 1 heterocycles. The zero-order valence-corrected chi connectivity index (χ0v) is 10.5. The molecule has 2 aromatic rings. The van der Waals surface area contributed by atoms with E-state index in [4.69, 9.17) is 0 Å². The van der Waals surface area contributed by atoms with Crippen LogP contribution in [0.3, 0.4) is 0 Å². The van der Waals surface area contributed by atoms with E-state index in [0.717, 1.165) is 17.3 Å². The van der Waals surface area contributed by atoms with Gasteiger partial charge in [0.25, 0.3) is 0 Å². The summed E-state index contributed by atoms with van der Waals surface area (Å²) in [5.41, 5.74) is 1.62. The van der Waals surface area contributed by atoms with Crippen LogP contribution in [0.1, 0.15) is 11.5 Å². The molecule has 0 aliphatic carbocycles. The molecule has 2 aromatic carbocycles. The molecule has 1 amide bonds. The van der Waals surface area contributed by atoms with E-state index in [2.05, 4.69) is 10.6 Å². The SMILES string of the molecule is O=C(Nc1cccc(F)c1F)C1CNc2ccccc21. The highest BCUT2D eigenvalue weighted by Crippen LogP contribution is 2.32. The van der Waals surface area contributed by atoms with Crippen molar-refractivity contribution in [3.63, 3.8) is 0 Å². The van der Waals surface area contributed by atoms with Gasteiger partial charge < -0.3 is 10.6 Å². The number of carbonyl (C=O) groups is 1. The van der Waals surface area contributed by atoms with Crippen LogP contribution in [0, 0.1) is 11.6 Å². The Kier molecular flexibility index (Phi) is 3.10. The Morgan fingerprint density at radius 3 is 2.80 bits per heavy atom. The highest BCUT2D eigenvalue weighted by Gasteiger charge is 2.28. The second-order valence-electron chi connectivity index (χ2n) is 4.61. The van der Waals surface area contributed by atoms with Gasteiger partial charge in [0, 0.05) is 12.2 Å². The van der Waals surface area contributed by atoms with E-state index < -0.39 is 17.6 Å². The van der Waals surface area contributed by atoms with Crippen molar-refractivity contribution in [3.8, 4) is 0 Å². The van der Waals surface area contributed by atoms with Crippen LogP contribution in [0.4, 0.5) is 20.2 Å². The van der Waals surface area contributed by atoms with Gasteiger partial charge in [-0.25, -0.2) is 8.78 Å². The highest BCUT2D eigenvalue weighted by atomic mass is 19.2. The third-order valence-electron chi connectivity index (χ3n) is 3.36. The van der Waals surface area contributed by atoms with Crippen LogP contribution in [0.5, 0.6) is 0 Å². The number of hydrogen-bond acceptors (Lipinski definition) is 2. The first-order chi connectivity index (χ1) is 9.66. The predicted octanol–water partition coefficient (Wildman–Crippen LogP) is 3.11. The average molecular weight is 274 g/mol. The molecule has 20 heavy (non-hydrogen) atoms. The lowest BCUT2D eigenvalue weighted by Gasteiger charge is -2.12. The molecule has 3 rings (SSSR count). The molecule has 0 spiro atoms. The Labute approximate surface area is 114 Å². The molecule has 0 saturated carbocycles. The molecule has 0 bridgehead atoms. The van der Waals surface area contributed by atoms with Crippen LogP contribution in [-0.2, 0) is 4.79 Å². The van der Waals surface area contributed by atoms with Gasteiger partial charge in [-0.15, -0.1) is 0 Å². The molecular formula is C15H12F2N2O. The monoisotopic (exact) mass is 274 g/mol. The Hall–Kier alpha value is -2.43. The molecule has 1 unspecified atom stereocenters. The van der Waals surface area contributed by atoms with Gasteiger partial charge in [0.2, 0.25) is 5.91 Å². The van der Waals surface area contributed by atoms with E-state index in [1.165, 1.54) is 12.1 Å². The van der Waals surface area contributed by atoms with Gasteiger partial charge in [0.1, 0.15) is 0 Å². The van der Waals surface area contributed by atoms with Crippen molar-refractivity contribution in [2.24, 2.45) is 0 Å². The molecule has 1 atom stereocenters. The Morgan fingerprint density at radius 1 is 1.15 bits per heavy atom. The van der Waals surface area contributed by atoms with Gasteiger partial charge in [0.15, 0.2) is 11.6 Å². The van der Waals surface area contributed by atoms with E-state index in [-0.39, 0.29) is 11.6 Å². The number of nitrogens with one attached hydrogen (secondary N) is 2. The summed E-state index contributed by atoms with van der Waals surface area (Å²) in [4.78, 5) is 12.2. The molecule has 0 saturated heterocycles. The third kappa shape index (κ3) is 2.11. The molecule has 0 aromatic heterocycles. The first-order valence-electron chi connectivity index (χ1n) is 6.24. The van der Waals surface area contributed by atoms with E-state index in [1.807, 2.05) is 24.3 Å². The zero-order chi connectivity index (χ0) is 14.1. The molecule has 2 N–H and O–H groups in total. The summed E-state index contributed by atoms with van der Waals surface area (Å²) >= 11 is 0. The van der Waals surface area contributed by atoms with E-state index in [0.29, 0.717) is 6.54 Å². The first kappa shape index (κ1) is 12.6. The van der Waals surface area contributed by atoms with Crippen LogP contribution in [0.2, 0.25) is 0 Å². The first-order valence-corrected chi connectivity index (χ1v) is 6.24. The highest BCUT2D eigenvalue weighted by molar-refractivity contribution is 5.98. The van der Waals surface area contributed by atoms with Crippen molar-refractivity contribution in [2.45, 2.75) is 5.92 Å². The zero-order valence-electron chi connectivity index (χ0n) is 10.5. The lowest BCUT2D eigenvalue weighted by Crippen LogP contribution is -2.23. The number of fused-ring (bicyclic) bond motifs is 1. The number of para-hydroxylation sites is 1. The van der Waals surface area contributed by atoms with Crippen molar-refractivity contribution >= 4 is 17.3 Å². The van der Waals surface area contributed by atoms with Crippen LogP contribution in [0.15, 0.2) is 42.5 Å². The second-order valence-corrected chi connectivity index (χ2v) is 4.61. The van der Waals surface area contributed by atoms with Gasteiger partial charge >= 0.3 is 0 Å². The van der Waals surface area contributed by atoms with Gasteiger partial charge in [-0.3, -0.25) is 4.79 Å². The van der Waals surface area contributed by atoms with Crippen LogP contribution in [0.25, 0.3) is 0 Å². The van der Waals surface area contributed by atoms with Crippen molar-refractivity contribution in [1.82, 2.24) is 0 Å². The number of benzene rings is 2. The van der Waals surface area contributed by atoms with Crippen LogP contribution < -0.4 is 10.6 Å². The number of hydrogen-bond donors (Lipinski definition) is 2. The Bertz CT molecular complexity index is 673. The fourth-order valence-electron chi connectivity index (χ4n) is 2.34. The lowest BCUT2D eigenvalue weighted by atomic mass is 10.0. The summed E-state index contributed by atoms with van der Waals surface area (Å²) < 4.78 is 26.6. The minimum Gasteiger partial charge on any atom is -0.384 e. The number of carbonyl (C=O) groups excluding carboxylic acids is 1. The van der Waals surface area contributed by atoms with E-state index in [1.54, 1.807) is 0 Å². The Morgan fingerprint density at radius 2 is 1.95 bits per heavy atom. The summed E-state index contributed by atoms with van der Waals surface area (Å²) in [6.07, 6.45) is 0. The number of anilines is 2. The predicted molar refractivity (Wildman–Crippen MR) is 72.7 cm³/mol. The summed E-state index contributed by atoms with van der Waals surface area (Å²) in [6, 6.07) is 11.1. The number of amides is 1. The van der Waals surface area contributed by atoms with Crippen LogP contribution in [-0.4, -0.2) is 12.5 Å². The fourth-order valence-corrected chi connectivity index (χ4v) is 2.34. The van der Waals surface area contributed by atoms with Crippen LogP contribution >= 0.6 is 0 Å². The molecule has 3 nitrogen and oxygen atoms in total. The molecular weight excluding hydrogens is 262 g/mol. The van der Waals surface area contributed by atoms with Crippen molar-refractivity contribution in [3.05, 3.63) is 59.7 Å². The molecule has 5 heteroatoms. The van der Waals surface area contributed by atoms with E-state index in [9.17, 15) is 13.6 Å². The van der Waals surface area contributed by atoms with Crippen molar-refractivity contribution in [1.29, 1.82) is 0 Å². The van der Waals surface area contributed by atoms with Gasteiger partial charge in [0.05, 0.1) is 11.6 Å². The quantitative estimate of drug-likeness (QED) is 0.883. The topological polar surface area (TPSA) is 41.1 Å². The maximum atomic E-state index is 13.5. The molecule has 0 fully saturated rings. The third-order valence-corrected chi connectivity index (χ3v) is 3.36. The summed E-state index contributed by atoms with van der Waals surface area (Å²) in [6.45, 7) is 0.447. The maximum absolute atomic E-state index is 13.5. The smallest absolute Gasteiger partial charge is 0.233 e.